The molecule has 4 aliphatic heterocycles. The van der Waals surface area contributed by atoms with Gasteiger partial charge in [-0.1, -0.05) is 0 Å². The Labute approximate surface area is 351 Å². The molecule has 62 heavy (non-hydrogen) atoms. The highest BCUT2D eigenvalue weighted by Gasteiger charge is 2.55. The molecule has 17 N–H and O–H groups in total. The molecule has 4 fully saturated rings. The van der Waals surface area contributed by atoms with Crippen LogP contribution in [0.1, 0.15) is 13.8 Å². The highest BCUT2D eigenvalue weighted by atomic mass is 16.8. The second kappa shape index (κ2) is 23.2. The van der Waals surface area contributed by atoms with Gasteiger partial charge < -0.3 is 130 Å². The molecule has 0 bridgehead atoms. The Hall–Kier alpha value is -2.31. The SMILES string of the molecule is CC(=O)NC(C=O)C(O)C(OC1OC(CO)C(OC2OC(COC3OC(CO)C(O)C(O)C3O)C(O)C(OC3OC(CO)C(O)C(O)C3O)C2O)C(O)C1NC(C)=O)C(O)CO. The Balaban J connectivity index is 1.65. The topological polar surface area (TPSA) is 453 Å². The van der Waals surface area contributed by atoms with Gasteiger partial charge in [0.15, 0.2) is 25.2 Å². The first-order valence-electron chi connectivity index (χ1n) is 19.4. The normalized spacial score (nSPS) is 43.5. The summed E-state index contributed by atoms with van der Waals surface area (Å²) in [5.41, 5.74) is 0. The van der Waals surface area contributed by atoms with E-state index in [0.717, 1.165) is 13.8 Å². The van der Waals surface area contributed by atoms with Crippen LogP contribution < -0.4 is 10.6 Å². The molecule has 0 radical (unpaired) electrons. The molecule has 0 aromatic heterocycles. The first-order chi connectivity index (χ1) is 29.2. The van der Waals surface area contributed by atoms with E-state index >= 15 is 0 Å². The lowest BCUT2D eigenvalue weighted by Crippen LogP contribution is -2.69. The average Bonchev–Trinajstić information content (AvgIpc) is 3.24. The van der Waals surface area contributed by atoms with Crippen LogP contribution in [-0.2, 0) is 52.3 Å². The second-order valence-corrected chi connectivity index (χ2v) is 15.1. The molecular formula is C34H58N2O26. The van der Waals surface area contributed by atoms with Gasteiger partial charge in [0, 0.05) is 13.8 Å². The summed E-state index contributed by atoms with van der Waals surface area (Å²) < 4.78 is 45.0. The number of aliphatic hydroxyl groups excluding tert-OH is 15. The van der Waals surface area contributed by atoms with Crippen LogP contribution in [0.15, 0.2) is 0 Å². The standard InChI is InChI=1S/C34H58N2O26/c1-9(42)35-11(3-37)18(45)28(12(44)4-38)60-31-17(36-10(2)43)22(49)29(15(7-41)58-31)61-34-27(54)30(62-33-26(53)24(51)20(47)14(6-40)57-33)21(48)16(59-34)8-55-32-25(52)23(50)19(46)13(5-39)56-32/h3,11-34,38-41,44-54H,4-8H2,1-2H3,(H,35,42)(H,36,43). The van der Waals surface area contributed by atoms with E-state index in [9.17, 15) is 91.0 Å². The van der Waals surface area contributed by atoms with Crippen LogP contribution in [0.5, 0.6) is 0 Å². The van der Waals surface area contributed by atoms with Gasteiger partial charge in [0.2, 0.25) is 11.8 Å². The highest BCUT2D eigenvalue weighted by Crippen LogP contribution is 2.34. The molecule has 4 aliphatic rings. The van der Waals surface area contributed by atoms with Crippen LogP contribution in [0.4, 0.5) is 0 Å². The average molecular weight is 911 g/mol. The van der Waals surface area contributed by atoms with Crippen LogP contribution in [0.2, 0.25) is 0 Å². The third-order valence-corrected chi connectivity index (χ3v) is 10.6. The fraction of sp³-hybridized carbons (Fsp3) is 0.912. The third kappa shape index (κ3) is 11.9. The van der Waals surface area contributed by atoms with Gasteiger partial charge in [-0.25, -0.2) is 0 Å². The number of nitrogens with one attached hydrogen (secondary N) is 2. The summed E-state index contributed by atoms with van der Waals surface area (Å²) in [4.78, 5) is 35.8. The minimum atomic E-state index is -2.21. The molecule has 0 aromatic rings. The van der Waals surface area contributed by atoms with Crippen molar-refractivity contribution in [1.29, 1.82) is 0 Å². The van der Waals surface area contributed by atoms with Gasteiger partial charge in [0.1, 0.15) is 128 Å². The summed E-state index contributed by atoms with van der Waals surface area (Å²) in [6, 6.07) is -3.51. The van der Waals surface area contributed by atoms with Gasteiger partial charge in [-0.15, -0.1) is 0 Å². The van der Waals surface area contributed by atoms with Gasteiger partial charge in [-0.3, -0.25) is 9.59 Å². The lowest BCUT2D eigenvalue weighted by molar-refractivity contribution is -0.382. The monoisotopic (exact) mass is 910 g/mol. The highest BCUT2D eigenvalue weighted by molar-refractivity contribution is 5.77. The molecule has 0 saturated carbocycles. The molecule has 28 nitrogen and oxygen atoms in total. The summed E-state index contributed by atoms with van der Waals surface area (Å²) in [6.45, 7) is -2.77. The van der Waals surface area contributed by atoms with Gasteiger partial charge in [-0.2, -0.15) is 0 Å². The molecule has 2 amide bonds. The zero-order chi connectivity index (χ0) is 46.3. The van der Waals surface area contributed by atoms with Crippen LogP contribution >= 0.6 is 0 Å². The fourth-order valence-electron chi connectivity index (χ4n) is 7.23. The summed E-state index contributed by atoms with van der Waals surface area (Å²) >= 11 is 0. The third-order valence-electron chi connectivity index (χ3n) is 10.6. The largest absolute Gasteiger partial charge is 0.394 e. The first-order valence-corrected chi connectivity index (χ1v) is 19.4. The van der Waals surface area contributed by atoms with Gasteiger partial charge in [0.05, 0.1) is 33.0 Å². The van der Waals surface area contributed by atoms with Crippen molar-refractivity contribution in [3.63, 3.8) is 0 Å². The van der Waals surface area contributed by atoms with Crippen molar-refractivity contribution in [2.45, 2.75) is 161 Å². The van der Waals surface area contributed by atoms with E-state index in [1.807, 2.05) is 0 Å². The predicted molar refractivity (Wildman–Crippen MR) is 191 cm³/mol. The van der Waals surface area contributed by atoms with Crippen molar-refractivity contribution in [1.82, 2.24) is 10.6 Å². The Bertz CT molecular complexity index is 1420. The summed E-state index contributed by atoms with van der Waals surface area (Å²) in [7, 11) is 0. The summed E-state index contributed by atoms with van der Waals surface area (Å²) in [5.74, 6) is -1.64. The molecule has 24 unspecified atom stereocenters. The number of hydrogen-bond donors (Lipinski definition) is 17. The number of aldehydes is 1. The van der Waals surface area contributed by atoms with E-state index in [1.165, 1.54) is 0 Å². The van der Waals surface area contributed by atoms with Crippen LogP contribution in [0.25, 0.3) is 0 Å². The Morgan fingerprint density at radius 3 is 1.61 bits per heavy atom. The number of hydrogen-bond acceptors (Lipinski definition) is 26. The number of aliphatic hydroxyl groups is 15. The van der Waals surface area contributed by atoms with Crippen LogP contribution in [0, 0.1) is 0 Å². The molecule has 0 aromatic carbocycles. The molecule has 4 saturated heterocycles. The van der Waals surface area contributed by atoms with Crippen molar-refractivity contribution in [2.24, 2.45) is 0 Å². The van der Waals surface area contributed by atoms with E-state index < -0.39 is 192 Å². The molecule has 0 aliphatic carbocycles. The van der Waals surface area contributed by atoms with Gasteiger partial charge in [-0.05, 0) is 0 Å². The lowest BCUT2D eigenvalue weighted by atomic mass is 9.94. The summed E-state index contributed by atoms with van der Waals surface area (Å²) in [6.07, 6.45) is -42.2. The fourth-order valence-corrected chi connectivity index (χ4v) is 7.23. The molecule has 4 heterocycles. The van der Waals surface area contributed by atoms with Crippen molar-refractivity contribution >= 4 is 18.1 Å². The number of ether oxygens (including phenoxy) is 8. The van der Waals surface area contributed by atoms with E-state index in [4.69, 9.17) is 37.9 Å². The van der Waals surface area contributed by atoms with E-state index in [-0.39, 0.29) is 6.29 Å². The zero-order valence-corrected chi connectivity index (χ0v) is 33.2. The van der Waals surface area contributed by atoms with E-state index in [2.05, 4.69) is 10.6 Å². The van der Waals surface area contributed by atoms with Crippen molar-refractivity contribution in [3.05, 3.63) is 0 Å². The minimum Gasteiger partial charge on any atom is -0.394 e. The van der Waals surface area contributed by atoms with Crippen LogP contribution in [-0.4, -0.2) is 275 Å². The Morgan fingerprint density at radius 1 is 0.597 bits per heavy atom. The van der Waals surface area contributed by atoms with Gasteiger partial charge in [0.25, 0.3) is 0 Å². The van der Waals surface area contributed by atoms with Crippen molar-refractivity contribution < 1.29 is 129 Å². The van der Waals surface area contributed by atoms with Crippen LogP contribution in [0.3, 0.4) is 0 Å². The first kappa shape index (κ1) is 52.3. The second-order valence-electron chi connectivity index (χ2n) is 15.1. The smallest absolute Gasteiger partial charge is 0.217 e. The maximum Gasteiger partial charge on any atom is 0.217 e. The number of carbonyl (C=O) groups is 3. The zero-order valence-electron chi connectivity index (χ0n) is 33.2. The molecule has 4 rings (SSSR count). The molecule has 28 heteroatoms. The Kier molecular flexibility index (Phi) is 19.6. The van der Waals surface area contributed by atoms with Crippen molar-refractivity contribution in [3.8, 4) is 0 Å². The summed E-state index contributed by atoms with van der Waals surface area (Å²) in [5, 5.41) is 162. The maximum absolute atomic E-state index is 12.4. The molecule has 360 valence electrons. The van der Waals surface area contributed by atoms with Crippen molar-refractivity contribution in [2.75, 3.05) is 33.0 Å². The molecule has 24 atom stereocenters. The van der Waals surface area contributed by atoms with E-state index in [1.54, 1.807) is 0 Å². The quantitative estimate of drug-likeness (QED) is 0.0535. The lowest BCUT2D eigenvalue weighted by Gasteiger charge is -2.49. The Morgan fingerprint density at radius 2 is 1.10 bits per heavy atom. The molecular weight excluding hydrogens is 852 g/mol. The predicted octanol–water partition coefficient (Wildman–Crippen LogP) is -11.8. The maximum atomic E-state index is 12.4. The number of amides is 2. The number of rotatable bonds is 19. The van der Waals surface area contributed by atoms with E-state index in [0.29, 0.717) is 0 Å². The molecule has 0 spiro atoms. The van der Waals surface area contributed by atoms with Gasteiger partial charge >= 0.3 is 0 Å². The minimum absolute atomic E-state index is 0.0952. The number of carbonyl (C=O) groups excluding carboxylic acids is 3.